The third kappa shape index (κ3) is 4.74. The molecule has 1 aromatic carbocycles. The van der Waals surface area contributed by atoms with E-state index >= 15 is 0 Å². The van der Waals surface area contributed by atoms with Gasteiger partial charge in [-0.1, -0.05) is 26.0 Å². The number of hydrogen-bond acceptors (Lipinski definition) is 4. The second-order valence-corrected chi connectivity index (χ2v) is 7.13. The summed E-state index contributed by atoms with van der Waals surface area (Å²) in [5.74, 6) is -0.208. The van der Waals surface area contributed by atoms with Crippen molar-refractivity contribution < 1.29 is 14.3 Å². The van der Waals surface area contributed by atoms with Crippen LogP contribution in [-0.2, 0) is 19.4 Å². The zero-order valence-corrected chi connectivity index (χ0v) is 17.8. The van der Waals surface area contributed by atoms with Crippen LogP contribution in [0.4, 0.5) is 4.39 Å². The SMILES string of the molecule is CCc1c(C)cc(=O)n2c1C(=O)N(C)C2C.CCc1cc(CNCO)ccc1F. The van der Waals surface area contributed by atoms with Gasteiger partial charge in [0.1, 0.15) is 17.7 Å². The highest BCUT2D eigenvalue weighted by Gasteiger charge is 2.34. The predicted molar refractivity (Wildman–Crippen MR) is 111 cm³/mol. The normalized spacial score (nSPS) is 15.2. The summed E-state index contributed by atoms with van der Waals surface area (Å²) in [7, 11) is 1.73. The lowest BCUT2D eigenvalue weighted by Gasteiger charge is -2.15. The Balaban J connectivity index is 0.000000212. The van der Waals surface area contributed by atoms with E-state index in [1.54, 1.807) is 28.6 Å². The molecule has 7 heteroatoms. The number of aryl methyl sites for hydroxylation is 2. The molecule has 2 aromatic rings. The third-order valence-electron chi connectivity index (χ3n) is 5.32. The van der Waals surface area contributed by atoms with Gasteiger partial charge >= 0.3 is 0 Å². The summed E-state index contributed by atoms with van der Waals surface area (Å²) in [6.07, 6.45) is 1.29. The smallest absolute Gasteiger partial charge is 0.272 e. The Kier molecular flexibility index (Phi) is 7.70. The number of aliphatic hydroxyl groups is 1. The Morgan fingerprint density at radius 2 is 1.86 bits per heavy atom. The number of amides is 1. The standard InChI is InChI=1S/C12H16N2O2.C10H14FNO/c1-5-9-7(2)6-10(15)14-8(3)13(4)12(16)11(9)14;1-2-9-5-8(6-12-7-13)3-4-10(9)11/h6,8H,5H2,1-4H3;3-5,12-13H,2,6-7H2,1H3. The van der Waals surface area contributed by atoms with Crippen LogP contribution in [0.1, 0.15) is 59.7 Å². The van der Waals surface area contributed by atoms with Gasteiger partial charge in [-0.3, -0.25) is 19.5 Å². The second kappa shape index (κ2) is 9.80. The molecule has 1 aromatic heterocycles. The molecular weight excluding hydrogens is 373 g/mol. The van der Waals surface area contributed by atoms with Gasteiger partial charge in [-0.05, 0) is 55.0 Å². The van der Waals surface area contributed by atoms with Crippen LogP contribution in [0, 0.1) is 12.7 Å². The molecule has 1 aliphatic heterocycles. The highest BCUT2D eigenvalue weighted by atomic mass is 19.1. The zero-order valence-electron chi connectivity index (χ0n) is 17.8. The van der Waals surface area contributed by atoms with E-state index in [0.717, 1.165) is 28.7 Å². The number of nitrogens with zero attached hydrogens (tertiary/aromatic N) is 2. The molecule has 1 amide bonds. The number of aromatic nitrogens is 1. The average molecular weight is 403 g/mol. The molecule has 1 aliphatic rings. The second-order valence-electron chi connectivity index (χ2n) is 7.13. The molecule has 6 nitrogen and oxygen atoms in total. The molecule has 158 valence electrons. The van der Waals surface area contributed by atoms with Gasteiger partial charge < -0.3 is 10.0 Å². The number of benzene rings is 1. The first kappa shape index (κ1) is 22.8. The highest BCUT2D eigenvalue weighted by molar-refractivity contribution is 5.96. The molecule has 3 rings (SSSR count). The lowest BCUT2D eigenvalue weighted by atomic mass is 10.0. The van der Waals surface area contributed by atoms with E-state index in [4.69, 9.17) is 5.11 Å². The van der Waals surface area contributed by atoms with Crippen LogP contribution in [0.3, 0.4) is 0 Å². The van der Waals surface area contributed by atoms with Gasteiger partial charge in [0.15, 0.2) is 0 Å². The highest BCUT2D eigenvalue weighted by Crippen LogP contribution is 2.26. The quantitative estimate of drug-likeness (QED) is 0.753. The fourth-order valence-corrected chi connectivity index (χ4v) is 3.55. The zero-order chi connectivity index (χ0) is 21.7. The molecule has 2 heterocycles. The van der Waals surface area contributed by atoms with Gasteiger partial charge in [-0.2, -0.15) is 0 Å². The Labute approximate surface area is 171 Å². The van der Waals surface area contributed by atoms with Crippen LogP contribution in [0.5, 0.6) is 0 Å². The van der Waals surface area contributed by atoms with Gasteiger partial charge in [0.05, 0.1) is 6.73 Å². The molecule has 1 atom stereocenters. The minimum atomic E-state index is -0.180. The monoisotopic (exact) mass is 403 g/mol. The predicted octanol–water partition coefficient (Wildman–Crippen LogP) is 2.75. The van der Waals surface area contributed by atoms with Crippen molar-refractivity contribution >= 4 is 5.91 Å². The largest absolute Gasteiger partial charge is 0.381 e. The molecule has 0 radical (unpaired) electrons. The third-order valence-corrected chi connectivity index (χ3v) is 5.32. The lowest BCUT2D eigenvalue weighted by molar-refractivity contribution is 0.0767. The van der Waals surface area contributed by atoms with Crippen LogP contribution in [-0.4, -0.2) is 34.3 Å². The van der Waals surface area contributed by atoms with E-state index in [-0.39, 0.29) is 30.2 Å². The minimum absolute atomic E-state index is 0.0508. The minimum Gasteiger partial charge on any atom is -0.381 e. The average Bonchev–Trinajstić information content (AvgIpc) is 2.93. The molecule has 0 aliphatic carbocycles. The van der Waals surface area contributed by atoms with Gasteiger partial charge in [0.25, 0.3) is 11.5 Å². The number of hydrogen-bond donors (Lipinski definition) is 2. The number of fused-ring (bicyclic) bond motifs is 1. The van der Waals surface area contributed by atoms with Gasteiger partial charge in [-0.15, -0.1) is 0 Å². The molecule has 2 N–H and O–H groups in total. The number of pyridine rings is 1. The fourth-order valence-electron chi connectivity index (χ4n) is 3.55. The van der Waals surface area contributed by atoms with E-state index in [9.17, 15) is 14.0 Å². The number of carbonyl (C=O) groups is 1. The first-order chi connectivity index (χ1) is 13.8. The van der Waals surface area contributed by atoms with E-state index in [1.165, 1.54) is 6.07 Å². The summed E-state index contributed by atoms with van der Waals surface area (Å²) < 4.78 is 14.6. The Morgan fingerprint density at radius 1 is 1.17 bits per heavy atom. The summed E-state index contributed by atoms with van der Waals surface area (Å²) in [4.78, 5) is 25.5. The first-order valence-electron chi connectivity index (χ1n) is 9.87. The maximum absolute atomic E-state index is 13.0. The molecule has 0 spiro atoms. The van der Waals surface area contributed by atoms with E-state index in [0.29, 0.717) is 18.7 Å². The number of rotatable bonds is 5. The number of carbonyl (C=O) groups excluding carboxylic acids is 1. The summed E-state index contributed by atoms with van der Waals surface area (Å²) in [6, 6.07) is 6.62. The van der Waals surface area contributed by atoms with Crippen molar-refractivity contribution in [2.45, 2.75) is 53.2 Å². The molecule has 29 heavy (non-hydrogen) atoms. The van der Waals surface area contributed by atoms with Crippen molar-refractivity contribution in [3.63, 3.8) is 0 Å². The van der Waals surface area contributed by atoms with Crippen LogP contribution in [0.25, 0.3) is 0 Å². The Hall–Kier alpha value is -2.51. The van der Waals surface area contributed by atoms with Gasteiger partial charge in [0.2, 0.25) is 0 Å². The number of halogens is 1. The van der Waals surface area contributed by atoms with Crippen LogP contribution in [0.2, 0.25) is 0 Å². The van der Waals surface area contributed by atoms with E-state index in [2.05, 4.69) is 5.32 Å². The van der Waals surface area contributed by atoms with Crippen molar-refractivity contribution in [3.8, 4) is 0 Å². The molecule has 0 bridgehead atoms. The topological polar surface area (TPSA) is 74.6 Å². The van der Waals surface area contributed by atoms with Crippen molar-refractivity contribution in [3.05, 3.63) is 68.4 Å². The fraction of sp³-hybridized carbons (Fsp3) is 0.455. The van der Waals surface area contributed by atoms with E-state index in [1.807, 2.05) is 33.8 Å². The lowest BCUT2D eigenvalue weighted by Crippen LogP contribution is -2.26. The maximum atomic E-state index is 13.0. The number of nitrogens with one attached hydrogen (secondary N) is 1. The van der Waals surface area contributed by atoms with Gasteiger partial charge in [0, 0.05) is 19.7 Å². The van der Waals surface area contributed by atoms with Gasteiger partial charge in [-0.25, -0.2) is 4.39 Å². The van der Waals surface area contributed by atoms with E-state index < -0.39 is 0 Å². The molecular formula is C22H30FN3O3. The molecule has 0 saturated carbocycles. The van der Waals surface area contributed by atoms with Crippen LogP contribution >= 0.6 is 0 Å². The Bertz CT molecular complexity index is 940. The summed E-state index contributed by atoms with van der Waals surface area (Å²) in [6.45, 7) is 8.19. The van der Waals surface area contributed by atoms with Crippen LogP contribution in [0.15, 0.2) is 29.1 Å². The number of aliphatic hydroxyl groups excluding tert-OH is 1. The van der Waals surface area contributed by atoms with Crippen molar-refractivity contribution in [2.24, 2.45) is 0 Å². The summed E-state index contributed by atoms with van der Waals surface area (Å²) in [5.41, 5.74) is 4.09. The molecule has 0 saturated heterocycles. The van der Waals surface area contributed by atoms with Crippen molar-refractivity contribution in [1.29, 1.82) is 0 Å². The Morgan fingerprint density at radius 3 is 2.45 bits per heavy atom. The summed E-state index contributed by atoms with van der Waals surface area (Å²) >= 11 is 0. The molecule has 1 unspecified atom stereocenters. The van der Waals surface area contributed by atoms with Crippen molar-refractivity contribution in [1.82, 2.24) is 14.8 Å². The molecule has 0 fully saturated rings. The first-order valence-corrected chi connectivity index (χ1v) is 9.87. The van der Waals surface area contributed by atoms with Crippen LogP contribution < -0.4 is 10.9 Å². The van der Waals surface area contributed by atoms with Crippen molar-refractivity contribution in [2.75, 3.05) is 13.8 Å². The maximum Gasteiger partial charge on any atom is 0.272 e. The summed E-state index contributed by atoms with van der Waals surface area (Å²) in [5, 5.41) is 11.3.